The van der Waals surface area contributed by atoms with Crippen molar-refractivity contribution < 1.29 is 0 Å². The number of hydrogen-bond donors (Lipinski definition) is 0. The molecule has 0 amide bonds. The third-order valence-electron chi connectivity index (χ3n) is 1.44. The van der Waals surface area contributed by atoms with Crippen LogP contribution in [0.25, 0.3) is 0 Å². The SMILES string of the molecule is ClCC1=C(CCl)CC=C1. The van der Waals surface area contributed by atoms with Crippen molar-refractivity contribution in [2.75, 3.05) is 11.8 Å². The minimum absolute atomic E-state index is 0.596. The van der Waals surface area contributed by atoms with Crippen molar-refractivity contribution in [2.24, 2.45) is 0 Å². The van der Waals surface area contributed by atoms with E-state index in [4.69, 9.17) is 23.2 Å². The number of alkyl halides is 2. The zero-order valence-corrected chi connectivity index (χ0v) is 6.54. The van der Waals surface area contributed by atoms with E-state index in [0.29, 0.717) is 11.8 Å². The number of rotatable bonds is 2. The zero-order valence-electron chi connectivity index (χ0n) is 5.03. The molecule has 0 saturated carbocycles. The molecule has 50 valence electrons. The molecule has 0 heterocycles. The molecule has 0 fully saturated rings. The van der Waals surface area contributed by atoms with E-state index in [-0.39, 0.29) is 0 Å². The first-order chi connectivity index (χ1) is 4.38. The van der Waals surface area contributed by atoms with Crippen LogP contribution < -0.4 is 0 Å². The lowest BCUT2D eigenvalue weighted by atomic mass is 10.2. The van der Waals surface area contributed by atoms with Gasteiger partial charge in [-0.1, -0.05) is 12.2 Å². The lowest BCUT2D eigenvalue weighted by Crippen LogP contribution is -1.85. The van der Waals surface area contributed by atoms with Crippen molar-refractivity contribution >= 4 is 23.2 Å². The summed E-state index contributed by atoms with van der Waals surface area (Å²) in [6, 6.07) is 0. The van der Waals surface area contributed by atoms with E-state index in [2.05, 4.69) is 6.08 Å². The van der Waals surface area contributed by atoms with Gasteiger partial charge in [0.15, 0.2) is 0 Å². The summed E-state index contributed by atoms with van der Waals surface area (Å²) in [6.45, 7) is 0. The topological polar surface area (TPSA) is 0 Å². The highest BCUT2D eigenvalue weighted by Crippen LogP contribution is 2.20. The van der Waals surface area contributed by atoms with Gasteiger partial charge in [-0.25, -0.2) is 0 Å². The minimum atomic E-state index is 0.596. The predicted molar refractivity (Wildman–Crippen MR) is 42.2 cm³/mol. The fourth-order valence-corrected chi connectivity index (χ4v) is 1.43. The van der Waals surface area contributed by atoms with Crippen LogP contribution in [0.1, 0.15) is 6.42 Å². The van der Waals surface area contributed by atoms with Gasteiger partial charge in [-0.2, -0.15) is 0 Å². The molecule has 0 nitrogen and oxygen atoms in total. The molecule has 9 heavy (non-hydrogen) atoms. The summed E-state index contributed by atoms with van der Waals surface area (Å²) in [7, 11) is 0. The van der Waals surface area contributed by atoms with Crippen molar-refractivity contribution in [1.82, 2.24) is 0 Å². The molecule has 0 aromatic carbocycles. The van der Waals surface area contributed by atoms with E-state index in [1.807, 2.05) is 6.08 Å². The fourth-order valence-electron chi connectivity index (χ4n) is 0.872. The van der Waals surface area contributed by atoms with Crippen LogP contribution in [-0.2, 0) is 0 Å². The van der Waals surface area contributed by atoms with Crippen LogP contribution in [0, 0.1) is 0 Å². The summed E-state index contributed by atoms with van der Waals surface area (Å²) < 4.78 is 0. The standard InChI is InChI=1S/C7H8Cl2/c8-4-6-2-1-3-7(6)5-9/h1-2H,3-5H2. The fraction of sp³-hybridized carbons (Fsp3) is 0.429. The van der Waals surface area contributed by atoms with Crippen LogP contribution in [0.15, 0.2) is 23.3 Å². The van der Waals surface area contributed by atoms with Crippen LogP contribution in [0.5, 0.6) is 0 Å². The van der Waals surface area contributed by atoms with Gasteiger partial charge in [0.25, 0.3) is 0 Å². The molecule has 0 aliphatic heterocycles. The highest BCUT2D eigenvalue weighted by molar-refractivity contribution is 6.21. The predicted octanol–water partition coefficient (Wildman–Crippen LogP) is 2.72. The first-order valence-electron chi connectivity index (χ1n) is 2.88. The van der Waals surface area contributed by atoms with Gasteiger partial charge in [-0.15, -0.1) is 23.2 Å². The Balaban J connectivity index is 2.67. The normalized spacial score (nSPS) is 17.6. The van der Waals surface area contributed by atoms with E-state index in [0.717, 1.165) is 6.42 Å². The number of hydrogen-bond acceptors (Lipinski definition) is 0. The Morgan fingerprint density at radius 3 is 2.56 bits per heavy atom. The average molecular weight is 163 g/mol. The third-order valence-corrected chi connectivity index (χ3v) is 2.05. The first-order valence-corrected chi connectivity index (χ1v) is 3.94. The van der Waals surface area contributed by atoms with Crippen molar-refractivity contribution in [1.29, 1.82) is 0 Å². The van der Waals surface area contributed by atoms with Crippen molar-refractivity contribution in [3.8, 4) is 0 Å². The van der Waals surface area contributed by atoms with E-state index in [1.54, 1.807) is 0 Å². The van der Waals surface area contributed by atoms with Crippen LogP contribution in [0.4, 0.5) is 0 Å². The molecule has 0 aromatic heterocycles. The van der Waals surface area contributed by atoms with Crippen LogP contribution in [-0.4, -0.2) is 11.8 Å². The van der Waals surface area contributed by atoms with E-state index in [1.165, 1.54) is 11.1 Å². The van der Waals surface area contributed by atoms with Crippen molar-refractivity contribution in [3.05, 3.63) is 23.3 Å². The van der Waals surface area contributed by atoms with E-state index >= 15 is 0 Å². The van der Waals surface area contributed by atoms with Gasteiger partial charge in [0.2, 0.25) is 0 Å². The molecule has 0 N–H and O–H groups in total. The Hall–Kier alpha value is 0.0600. The molecular formula is C7H8Cl2. The molecule has 0 atom stereocenters. The molecule has 0 radical (unpaired) electrons. The van der Waals surface area contributed by atoms with Crippen LogP contribution in [0.3, 0.4) is 0 Å². The second-order valence-corrected chi connectivity index (χ2v) is 2.54. The largest absolute Gasteiger partial charge is 0.122 e. The zero-order chi connectivity index (χ0) is 6.69. The first kappa shape index (κ1) is 7.17. The maximum absolute atomic E-state index is 5.62. The van der Waals surface area contributed by atoms with E-state index < -0.39 is 0 Å². The second-order valence-electron chi connectivity index (χ2n) is 2.00. The second kappa shape index (κ2) is 3.28. The molecule has 0 aromatic rings. The number of allylic oxidation sites excluding steroid dienone is 4. The lowest BCUT2D eigenvalue weighted by Gasteiger charge is -1.96. The Morgan fingerprint density at radius 1 is 1.33 bits per heavy atom. The highest BCUT2D eigenvalue weighted by atomic mass is 35.5. The Kier molecular flexibility index (Phi) is 2.62. The summed E-state index contributed by atoms with van der Waals surface area (Å²) in [5.74, 6) is 1.22. The summed E-state index contributed by atoms with van der Waals surface area (Å²) in [6.07, 6.45) is 5.13. The van der Waals surface area contributed by atoms with Crippen molar-refractivity contribution in [3.63, 3.8) is 0 Å². The maximum atomic E-state index is 5.62. The molecule has 2 heteroatoms. The smallest absolute Gasteiger partial charge is 0.0474 e. The molecule has 1 rings (SSSR count). The summed E-state index contributed by atoms with van der Waals surface area (Å²) in [4.78, 5) is 0. The Labute approximate surface area is 65.2 Å². The average Bonchev–Trinajstić information content (AvgIpc) is 2.33. The van der Waals surface area contributed by atoms with Gasteiger partial charge >= 0.3 is 0 Å². The minimum Gasteiger partial charge on any atom is -0.122 e. The molecule has 0 unspecified atom stereocenters. The van der Waals surface area contributed by atoms with Crippen LogP contribution >= 0.6 is 23.2 Å². The van der Waals surface area contributed by atoms with Crippen molar-refractivity contribution in [2.45, 2.75) is 6.42 Å². The molecule has 1 aliphatic rings. The van der Waals surface area contributed by atoms with E-state index in [9.17, 15) is 0 Å². The number of halogens is 2. The van der Waals surface area contributed by atoms with Crippen LogP contribution in [0.2, 0.25) is 0 Å². The summed E-state index contributed by atoms with van der Waals surface area (Å²) in [5, 5.41) is 0. The Morgan fingerprint density at radius 2 is 2.11 bits per heavy atom. The van der Waals surface area contributed by atoms with Gasteiger partial charge in [0, 0.05) is 11.8 Å². The van der Waals surface area contributed by atoms with Gasteiger partial charge in [-0.05, 0) is 17.6 Å². The molecule has 0 spiro atoms. The van der Waals surface area contributed by atoms with Gasteiger partial charge in [0.1, 0.15) is 0 Å². The maximum Gasteiger partial charge on any atom is 0.0474 e. The summed E-state index contributed by atoms with van der Waals surface area (Å²) in [5.41, 5.74) is 2.47. The molecule has 1 aliphatic carbocycles. The molecule has 0 saturated heterocycles. The Bertz CT molecular complexity index is 156. The van der Waals surface area contributed by atoms with Gasteiger partial charge in [0.05, 0.1) is 0 Å². The van der Waals surface area contributed by atoms with Gasteiger partial charge < -0.3 is 0 Å². The quantitative estimate of drug-likeness (QED) is 0.549. The third kappa shape index (κ3) is 1.50. The molecular weight excluding hydrogens is 155 g/mol. The highest BCUT2D eigenvalue weighted by Gasteiger charge is 2.05. The molecule has 0 bridgehead atoms. The summed E-state index contributed by atoms with van der Waals surface area (Å²) >= 11 is 11.2. The lowest BCUT2D eigenvalue weighted by molar-refractivity contribution is 1.23. The van der Waals surface area contributed by atoms with Gasteiger partial charge in [-0.3, -0.25) is 0 Å². The monoisotopic (exact) mass is 162 g/mol.